The van der Waals surface area contributed by atoms with Crippen LogP contribution in [0.25, 0.3) is 28.4 Å². The Morgan fingerprint density at radius 2 is 1.87 bits per heavy atom. The summed E-state index contributed by atoms with van der Waals surface area (Å²) >= 11 is -2.15. The highest BCUT2D eigenvalue weighted by atomic mass is 32.2. The lowest BCUT2D eigenvalue weighted by Crippen LogP contribution is -2.24. The summed E-state index contributed by atoms with van der Waals surface area (Å²) in [6.07, 6.45) is 5.24. The molecule has 0 amide bonds. The second-order valence-corrected chi connectivity index (χ2v) is 9.63. The van der Waals surface area contributed by atoms with Gasteiger partial charge in [-0.2, -0.15) is 0 Å². The summed E-state index contributed by atoms with van der Waals surface area (Å²) in [5.41, 5.74) is 4.21. The molecule has 1 aromatic carbocycles. The number of benzene rings is 1. The highest BCUT2D eigenvalue weighted by Crippen LogP contribution is 2.35. The van der Waals surface area contributed by atoms with Gasteiger partial charge < -0.3 is 4.90 Å². The van der Waals surface area contributed by atoms with Crippen LogP contribution in [0.15, 0.2) is 73.1 Å². The molecule has 38 heavy (non-hydrogen) atoms. The normalized spacial score (nSPS) is 16.3. The Labute approximate surface area is 220 Å². The molecular weight excluding hydrogens is 507 g/mol. The molecule has 1 aliphatic heterocycles. The molecular formula is C26H23FN8O2S. The number of aromatic nitrogens is 6. The van der Waals surface area contributed by atoms with Crippen LogP contribution in [0.1, 0.15) is 30.3 Å². The fraction of sp³-hybridized carbons (Fsp3) is 0.192. The largest absolute Gasteiger partial charge is 0.348 e. The van der Waals surface area contributed by atoms with Crippen LogP contribution in [0.4, 0.5) is 10.2 Å². The van der Waals surface area contributed by atoms with E-state index >= 15 is 0 Å². The van der Waals surface area contributed by atoms with Crippen molar-refractivity contribution in [1.82, 2.24) is 34.3 Å². The Morgan fingerprint density at radius 1 is 1.03 bits per heavy atom. The van der Waals surface area contributed by atoms with E-state index in [0.717, 1.165) is 36.5 Å². The molecule has 10 nitrogen and oxygen atoms in total. The highest BCUT2D eigenvalue weighted by Gasteiger charge is 2.28. The lowest BCUT2D eigenvalue weighted by Gasteiger charge is -2.26. The summed E-state index contributed by atoms with van der Waals surface area (Å²) in [4.78, 5) is 20.1. The van der Waals surface area contributed by atoms with Crippen LogP contribution in [0.2, 0.25) is 0 Å². The molecule has 0 bridgehead atoms. The van der Waals surface area contributed by atoms with E-state index in [1.165, 1.54) is 6.07 Å². The molecule has 4 aromatic heterocycles. The minimum absolute atomic E-state index is 0.0454. The van der Waals surface area contributed by atoms with Crippen molar-refractivity contribution in [3.8, 4) is 22.8 Å². The Hall–Kier alpha value is -4.13. The van der Waals surface area contributed by atoms with E-state index in [1.807, 2.05) is 36.4 Å². The molecule has 12 heteroatoms. The molecule has 0 spiro atoms. The minimum atomic E-state index is -2.15. The number of hydrogen-bond donors (Lipinski definition) is 2. The number of fused-ring (bicyclic) bond motifs is 1. The van der Waals surface area contributed by atoms with Crippen molar-refractivity contribution < 1.29 is 13.2 Å². The van der Waals surface area contributed by atoms with Crippen molar-refractivity contribution in [2.24, 2.45) is 0 Å². The maximum Gasteiger partial charge on any atom is 0.232 e. The van der Waals surface area contributed by atoms with Gasteiger partial charge in [0.2, 0.25) is 11.3 Å². The van der Waals surface area contributed by atoms with Gasteiger partial charge in [0, 0.05) is 12.7 Å². The molecule has 1 saturated heterocycles. The fourth-order valence-corrected chi connectivity index (χ4v) is 5.02. The van der Waals surface area contributed by atoms with E-state index in [-0.39, 0.29) is 18.4 Å². The van der Waals surface area contributed by atoms with Gasteiger partial charge in [-0.1, -0.05) is 18.2 Å². The van der Waals surface area contributed by atoms with Gasteiger partial charge in [-0.3, -0.25) is 4.55 Å². The molecule has 2 N–H and O–H groups in total. The number of pyridine rings is 1. The number of halogens is 1. The zero-order valence-electron chi connectivity index (χ0n) is 20.1. The molecule has 1 fully saturated rings. The standard InChI is InChI=1S/C26H23FN8O2S/c27-18-5-1-4-17(14-18)22-8-3-13-34(22)26-10-9-25-29-15-23(35(25)33-26)21-7-2-6-19(31-21)20-11-12-28-24(32-20)16-30-38(36)37/h1-2,4-7,9-12,14-15,22,30H,3,8,13,16H2,(H,36,37). The topological polar surface area (TPSA) is 121 Å². The Kier molecular flexibility index (Phi) is 6.58. The van der Waals surface area contributed by atoms with Crippen molar-refractivity contribution >= 4 is 22.7 Å². The number of hydrogen-bond acceptors (Lipinski definition) is 7. The molecule has 2 unspecified atom stereocenters. The summed E-state index contributed by atoms with van der Waals surface area (Å²) in [6.45, 7) is 0.871. The monoisotopic (exact) mass is 530 g/mol. The maximum atomic E-state index is 13.9. The smallest absolute Gasteiger partial charge is 0.232 e. The van der Waals surface area contributed by atoms with Crippen molar-refractivity contribution in [3.63, 3.8) is 0 Å². The third-order valence-electron chi connectivity index (χ3n) is 6.46. The van der Waals surface area contributed by atoms with Crippen LogP contribution < -0.4 is 9.62 Å². The lowest BCUT2D eigenvalue weighted by atomic mass is 10.0. The second-order valence-electron chi connectivity index (χ2n) is 8.85. The van der Waals surface area contributed by atoms with E-state index in [9.17, 15) is 8.60 Å². The average Bonchev–Trinajstić information content (AvgIpc) is 3.59. The van der Waals surface area contributed by atoms with E-state index in [1.54, 1.807) is 35.1 Å². The highest BCUT2D eigenvalue weighted by molar-refractivity contribution is 7.77. The van der Waals surface area contributed by atoms with E-state index in [2.05, 4.69) is 24.6 Å². The van der Waals surface area contributed by atoms with Crippen LogP contribution in [0.5, 0.6) is 0 Å². The molecule has 0 saturated carbocycles. The third kappa shape index (κ3) is 4.88. The first-order valence-electron chi connectivity index (χ1n) is 12.1. The van der Waals surface area contributed by atoms with E-state index in [4.69, 9.17) is 14.6 Å². The maximum absolute atomic E-state index is 13.9. The average molecular weight is 531 g/mol. The van der Waals surface area contributed by atoms with Crippen molar-refractivity contribution in [2.75, 3.05) is 11.4 Å². The predicted molar refractivity (Wildman–Crippen MR) is 141 cm³/mol. The molecule has 5 aromatic rings. The third-order valence-corrected chi connectivity index (χ3v) is 6.85. The summed E-state index contributed by atoms with van der Waals surface area (Å²) in [5, 5.41) is 4.91. The van der Waals surface area contributed by atoms with Crippen LogP contribution in [-0.2, 0) is 17.8 Å². The molecule has 2 atom stereocenters. The quantitative estimate of drug-likeness (QED) is 0.304. The summed E-state index contributed by atoms with van der Waals surface area (Å²) in [6, 6.07) is 18.0. The number of anilines is 1. The fourth-order valence-electron chi connectivity index (χ4n) is 4.77. The summed E-state index contributed by atoms with van der Waals surface area (Å²) in [7, 11) is 0. The summed E-state index contributed by atoms with van der Waals surface area (Å²) < 4.78 is 38.0. The summed E-state index contributed by atoms with van der Waals surface area (Å²) in [5.74, 6) is 0.918. The molecule has 0 radical (unpaired) electrons. The number of imidazole rings is 1. The van der Waals surface area contributed by atoms with Gasteiger partial charge in [-0.05, 0) is 60.9 Å². The van der Waals surface area contributed by atoms with Crippen LogP contribution in [-0.4, -0.2) is 44.9 Å². The number of nitrogens with zero attached hydrogens (tertiary/aromatic N) is 7. The predicted octanol–water partition coefficient (Wildman–Crippen LogP) is 3.96. The van der Waals surface area contributed by atoms with Gasteiger partial charge in [0.25, 0.3) is 0 Å². The number of rotatable bonds is 7. The molecule has 1 aliphatic rings. The van der Waals surface area contributed by atoms with Crippen molar-refractivity contribution in [3.05, 3.63) is 90.3 Å². The van der Waals surface area contributed by atoms with Crippen molar-refractivity contribution in [2.45, 2.75) is 25.4 Å². The van der Waals surface area contributed by atoms with Gasteiger partial charge >= 0.3 is 0 Å². The van der Waals surface area contributed by atoms with Gasteiger partial charge in [0.05, 0.1) is 35.9 Å². The second kappa shape index (κ2) is 10.3. The van der Waals surface area contributed by atoms with Gasteiger partial charge in [-0.15, -0.1) is 5.10 Å². The molecule has 6 rings (SSSR count). The Balaban J connectivity index is 1.33. The Morgan fingerprint density at radius 3 is 2.74 bits per heavy atom. The number of nitrogens with one attached hydrogen (secondary N) is 1. The van der Waals surface area contributed by atoms with Crippen LogP contribution in [0, 0.1) is 5.82 Å². The first kappa shape index (κ1) is 24.2. The van der Waals surface area contributed by atoms with E-state index in [0.29, 0.717) is 28.6 Å². The first-order valence-corrected chi connectivity index (χ1v) is 13.2. The molecule has 192 valence electrons. The van der Waals surface area contributed by atoms with Crippen LogP contribution >= 0.6 is 0 Å². The van der Waals surface area contributed by atoms with Gasteiger partial charge in [0.15, 0.2) is 5.65 Å². The molecule has 0 aliphatic carbocycles. The Bertz CT molecular complexity index is 1640. The SMILES string of the molecule is O=S(O)NCc1nccc(-c2cccc(-c3cnc4ccc(N5CCCC5c5cccc(F)c5)nn34)n2)n1. The van der Waals surface area contributed by atoms with Gasteiger partial charge in [-0.25, -0.2) is 37.8 Å². The zero-order chi connectivity index (χ0) is 26.1. The lowest BCUT2D eigenvalue weighted by molar-refractivity contribution is 0.547. The van der Waals surface area contributed by atoms with Crippen LogP contribution in [0.3, 0.4) is 0 Å². The van der Waals surface area contributed by atoms with Gasteiger partial charge in [0.1, 0.15) is 23.2 Å². The van der Waals surface area contributed by atoms with E-state index < -0.39 is 11.3 Å². The molecule has 5 heterocycles. The zero-order valence-corrected chi connectivity index (χ0v) is 20.9. The van der Waals surface area contributed by atoms with Crippen molar-refractivity contribution in [1.29, 1.82) is 0 Å². The minimum Gasteiger partial charge on any atom is -0.348 e. The first-order chi connectivity index (χ1) is 18.5.